The molecule has 0 saturated heterocycles. The van der Waals surface area contributed by atoms with Crippen LogP contribution in [0.15, 0.2) is 11.6 Å². The zero-order valence-electron chi connectivity index (χ0n) is 9.24. The molecule has 84 valence electrons. The number of carbonyl (C=O) groups excluding carboxylic acids is 1. The zero-order chi connectivity index (χ0) is 11.3. The number of esters is 1. The van der Waals surface area contributed by atoms with Gasteiger partial charge in [-0.25, -0.2) is 4.98 Å². The molecule has 0 aromatic carbocycles. The van der Waals surface area contributed by atoms with E-state index in [4.69, 9.17) is 4.74 Å². The van der Waals surface area contributed by atoms with Gasteiger partial charge in [0, 0.05) is 18.1 Å². The standard InChI is InChI=1S/C10H16N2O2S/c1-10(2,3)14-9(13)7-11-6-8-12-4-5-15-8/h4-5,11H,6-7H2,1-3H3. The molecule has 0 unspecified atom stereocenters. The van der Waals surface area contributed by atoms with Crippen molar-refractivity contribution in [2.24, 2.45) is 0 Å². The number of nitrogens with one attached hydrogen (secondary N) is 1. The Morgan fingerprint density at radius 1 is 1.60 bits per heavy atom. The van der Waals surface area contributed by atoms with Crippen LogP contribution in [0.25, 0.3) is 0 Å². The maximum Gasteiger partial charge on any atom is 0.320 e. The van der Waals surface area contributed by atoms with Crippen LogP contribution in [0.3, 0.4) is 0 Å². The summed E-state index contributed by atoms with van der Waals surface area (Å²) in [7, 11) is 0. The first-order valence-corrected chi connectivity index (χ1v) is 5.66. The van der Waals surface area contributed by atoms with Gasteiger partial charge < -0.3 is 10.1 Å². The highest BCUT2D eigenvalue weighted by atomic mass is 32.1. The monoisotopic (exact) mass is 228 g/mol. The van der Waals surface area contributed by atoms with Crippen LogP contribution in [0.4, 0.5) is 0 Å². The summed E-state index contributed by atoms with van der Waals surface area (Å²) >= 11 is 1.56. The Morgan fingerprint density at radius 2 is 2.33 bits per heavy atom. The minimum Gasteiger partial charge on any atom is -0.459 e. The van der Waals surface area contributed by atoms with Crippen molar-refractivity contribution in [1.82, 2.24) is 10.3 Å². The average Bonchev–Trinajstić information content (AvgIpc) is 2.53. The Balaban J connectivity index is 2.18. The van der Waals surface area contributed by atoms with Crippen LogP contribution >= 0.6 is 11.3 Å². The van der Waals surface area contributed by atoms with E-state index in [1.165, 1.54) is 0 Å². The van der Waals surface area contributed by atoms with Gasteiger partial charge in [-0.15, -0.1) is 11.3 Å². The van der Waals surface area contributed by atoms with Crippen LogP contribution < -0.4 is 5.32 Å². The van der Waals surface area contributed by atoms with Crippen molar-refractivity contribution in [2.45, 2.75) is 32.9 Å². The van der Waals surface area contributed by atoms with Crippen molar-refractivity contribution in [2.75, 3.05) is 6.54 Å². The van der Waals surface area contributed by atoms with Crippen LogP contribution in [0.2, 0.25) is 0 Å². The van der Waals surface area contributed by atoms with E-state index in [1.54, 1.807) is 17.5 Å². The van der Waals surface area contributed by atoms with E-state index >= 15 is 0 Å². The summed E-state index contributed by atoms with van der Waals surface area (Å²) in [6, 6.07) is 0. The number of aromatic nitrogens is 1. The van der Waals surface area contributed by atoms with E-state index in [-0.39, 0.29) is 12.5 Å². The van der Waals surface area contributed by atoms with Crippen molar-refractivity contribution in [3.8, 4) is 0 Å². The molecule has 4 nitrogen and oxygen atoms in total. The molecule has 1 rings (SSSR count). The van der Waals surface area contributed by atoms with Crippen molar-refractivity contribution >= 4 is 17.3 Å². The largest absolute Gasteiger partial charge is 0.459 e. The third-order valence-electron chi connectivity index (χ3n) is 1.45. The summed E-state index contributed by atoms with van der Waals surface area (Å²) in [6.45, 7) is 6.39. The maximum atomic E-state index is 11.3. The molecule has 0 spiro atoms. The molecule has 0 radical (unpaired) electrons. The highest BCUT2D eigenvalue weighted by Crippen LogP contribution is 2.06. The van der Waals surface area contributed by atoms with E-state index in [1.807, 2.05) is 26.2 Å². The fourth-order valence-electron chi connectivity index (χ4n) is 0.989. The maximum absolute atomic E-state index is 11.3. The summed E-state index contributed by atoms with van der Waals surface area (Å²) in [5.41, 5.74) is -0.417. The summed E-state index contributed by atoms with van der Waals surface area (Å²) in [6.07, 6.45) is 1.75. The smallest absolute Gasteiger partial charge is 0.320 e. The minimum absolute atomic E-state index is 0.219. The number of thiazole rings is 1. The minimum atomic E-state index is -0.417. The Hall–Kier alpha value is -0.940. The van der Waals surface area contributed by atoms with Gasteiger partial charge in [-0.2, -0.15) is 0 Å². The predicted octanol–water partition coefficient (Wildman–Crippen LogP) is 1.57. The van der Waals surface area contributed by atoms with Crippen LogP contribution in [-0.4, -0.2) is 23.1 Å². The molecule has 1 heterocycles. The number of nitrogens with zero attached hydrogens (tertiary/aromatic N) is 1. The molecule has 0 fully saturated rings. The Bertz CT molecular complexity index is 304. The van der Waals surface area contributed by atoms with Crippen LogP contribution in [0, 0.1) is 0 Å². The second-order valence-corrected chi connectivity index (χ2v) is 5.09. The van der Waals surface area contributed by atoms with Gasteiger partial charge in [-0.1, -0.05) is 0 Å². The zero-order valence-corrected chi connectivity index (χ0v) is 10.1. The number of rotatable bonds is 4. The van der Waals surface area contributed by atoms with Crippen LogP contribution in [0.1, 0.15) is 25.8 Å². The first kappa shape index (κ1) is 12.1. The Labute approximate surface area is 93.7 Å². The van der Waals surface area contributed by atoms with E-state index < -0.39 is 5.60 Å². The van der Waals surface area contributed by atoms with Gasteiger partial charge >= 0.3 is 5.97 Å². The van der Waals surface area contributed by atoms with Crippen molar-refractivity contribution in [1.29, 1.82) is 0 Å². The Kier molecular flexibility index (Phi) is 4.23. The van der Waals surface area contributed by atoms with Gasteiger partial charge in [-0.3, -0.25) is 4.79 Å². The fourth-order valence-corrected chi connectivity index (χ4v) is 1.58. The van der Waals surface area contributed by atoms with E-state index in [9.17, 15) is 4.79 Å². The molecule has 0 aliphatic heterocycles. The SMILES string of the molecule is CC(C)(C)OC(=O)CNCc1nccs1. The molecular formula is C10H16N2O2S. The van der Waals surface area contributed by atoms with E-state index in [2.05, 4.69) is 10.3 Å². The fraction of sp³-hybridized carbons (Fsp3) is 0.600. The number of hydrogen-bond donors (Lipinski definition) is 1. The molecule has 0 amide bonds. The molecular weight excluding hydrogens is 212 g/mol. The van der Waals surface area contributed by atoms with Crippen molar-refractivity contribution in [3.05, 3.63) is 16.6 Å². The Morgan fingerprint density at radius 3 is 2.87 bits per heavy atom. The number of hydrogen-bond acceptors (Lipinski definition) is 5. The van der Waals surface area contributed by atoms with E-state index in [0.29, 0.717) is 6.54 Å². The molecule has 1 aromatic heterocycles. The van der Waals surface area contributed by atoms with Gasteiger partial charge in [0.15, 0.2) is 0 Å². The summed E-state index contributed by atoms with van der Waals surface area (Å²) in [5, 5.41) is 5.86. The summed E-state index contributed by atoms with van der Waals surface area (Å²) in [4.78, 5) is 15.4. The molecule has 0 aliphatic rings. The summed E-state index contributed by atoms with van der Waals surface area (Å²) < 4.78 is 5.14. The van der Waals surface area contributed by atoms with Gasteiger partial charge in [-0.05, 0) is 20.8 Å². The molecule has 5 heteroatoms. The first-order valence-electron chi connectivity index (χ1n) is 4.78. The molecule has 15 heavy (non-hydrogen) atoms. The van der Waals surface area contributed by atoms with Crippen LogP contribution in [0.5, 0.6) is 0 Å². The molecule has 0 bridgehead atoms. The van der Waals surface area contributed by atoms with Crippen molar-refractivity contribution in [3.63, 3.8) is 0 Å². The first-order chi connectivity index (χ1) is 6.97. The topological polar surface area (TPSA) is 51.2 Å². The van der Waals surface area contributed by atoms with Crippen molar-refractivity contribution < 1.29 is 9.53 Å². The van der Waals surface area contributed by atoms with Gasteiger partial charge in [0.25, 0.3) is 0 Å². The third kappa shape index (κ3) is 5.49. The number of ether oxygens (including phenoxy) is 1. The van der Waals surface area contributed by atoms with Crippen LogP contribution in [-0.2, 0) is 16.1 Å². The second kappa shape index (κ2) is 5.23. The molecule has 0 saturated carbocycles. The summed E-state index contributed by atoms with van der Waals surface area (Å²) in [5.74, 6) is -0.237. The molecule has 1 aromatic rings. The van der Waals surface area contributed by atoms with Gasteiger partial charge in [0.05, 0.1) is 6.54 Å². The van der Waals surface area contributed by atoms with Gasteiger partial charge in [0.2, 0.25) is 0 Å². The highest BCUT2D eigenvalue weighted by Gasteiger charge is 2.15. The second-order valence-electron chi connectivity index (χ2n) is 4.12. The lowest BCUT2D eigenvalue weighted by Gasteiger charge is -2.19. The molecule has 1 N–H and O–H groups in total. The molecule has 0 aliphatic carbocycles. The molecule has 0 atom stereocenters. The van der Waals surface area contributed by atoms with E-state index in [0.717, 1.165) is 5.01 Å². The third-order valence-corrected chi connectivity index (χ3v) is 2.23. The predicted molar refractivity (Wildman–Crippen MR) is 59.7 cm³/mol. The number of carbonyl (C=O) groups is 1. The lowest BCUT2D eigenvalue weighted by molar-refractivity contribution is -0.153. The lowest BCUT2D eigenvalue weighted by atomic mass is 10.2. The normalized spacial score (nSPS) is 11.4. The average molecular weight is 228 g/mol. The quantitative estimate of drug-likeness (QED) is 0.795. The highest BCUT2D eigenvalue weighted by molar-refractivity contribution is 7.09. The van der Waals surface area contributed by atoms with Gasteiger partial charge in [0.1, 0.15) is 10.6 Å². The lowest BCUT2D eigenvalue weighted by Crippen LogP contribution is -2.31.